The van der Waals surface area contributed by atoms with Crippen molar-refractivity contribution in [3.8, 4) is 0 Å². The maximum absolute atomic E-state index is 11.9. The maximum Gasteiger partial charge on any atom is 0.305 e. The van der Waals surface area contributed by atoms with E-state index in [1.807, 2.05) is 0 Å². The van der Waals surface area contributed by atoms with E-state index in [1.165, 1.54) is 18.2 Å². The van der Waals surface area contributed by atoms with Crippen LogP contribution in [0.15, 0.2) is 60.7 Å². The molecule has 5 heteroatoms. The molecule has 2 aromatic carbocycles. The van der Waals surface area contributed by atoms with Gasteiger partial charge in [-0.25, -0.2) is 0 Å². The van der Waals surface area contributed by atoms with Crippen LogP contribution in [-0.2, 0) is 14.3 Å². The lowest BCUT2D eigenvalue weighted by atomic mass is 9.43. The Morgan fingerprint density at radius 1 is 0.907 bits per heavy atom. The van der Waals surface area contributed by atoms with Crippen LogP contribution < -0.4 is 0 Å². The van der Waals surface area contributed by atoms with E-state index >= 15 is 0 Å². The third kappa shape index (κ3) is 5.48. The molecule has 4 fully saturated rings. The quantitative estimate of drug-likeness (QED) is 0.315. The molecule has 4 aliphatic carbocycles. The van der Waals surface area contributed by atoms with Gasteiger partial charge in [0.1, 0.15) is 6.10 Å². The zero-order valence-electron chi connectivity index (χ0n) is 26.5. The number of methoxy groups -OCH3 is 1. The molecule has 0 spiro atoms. The fourth-order valence-electron chi connectivity index (χ4n) is 10.7. The monoisotopic (exact) mass is 588 g/mol. The Balaban J connectivity index is 1.19. The summed E-state index contributed by atoms with van der Waals surface area (Å²) in [5.41, 5.74) is 2.23. The number of carbonyl (C=O) groups is 1. The van der Waals surface area contributed by atoms with Crippen molar-refractivity contribution >= 4 is 5.97 Å². The summed E-state index contributed by atoms with van der Waals surface area (Å²) >= 11 is 0. The minimum atomic E-state index is -0.385. The summed E-state index contributed by atoms with van der Waals surface area (Å²) in [5.74, 6) is 1.77. The molecule has 0 amide bonds. The fourth-order valence-corrected chi connectivity index (χ4v) is 10.7. The first-order valence-corrected chi connectivity index (χ1v) is 16.8. The second-order valence-electron chi connectivity index (χ2n) is 14.9. The maximum atomic E-state index is 11.9. The van der Waals surface area contributed by atoms with Gasteiger partial charge in [-0.05, 0) is 109 Å². The summed E-state index contributed by atoms with van der Waals surface area (Å²) in [4.78, 5) is 11.9. The average molecular weight is 589 g/mol. The van der Waals surface area contributed by atoms with E-state index in [-0.39, 0.29) is 47.1 Å². The molecule has 4 aliphatic rings. The zero-order valence-corrected chi connectivity index (χ0v) is 26.5. The normalized spacial score (nSPS) is 39.4. The van der Waals surface area contributed by atoms with Gasteiger partial charge in [0.05, 0.1) is 25.4 Å². The van der Waals surface area contributed by atoms with Crippen LogP contribution in [0.25, 0.3) is 0 Å². The fraction of sp³-hybridized carbons (Fsp3) is 0.658. The second kappa shape index (κ2) is 12.3. The number of aliphatic hydroxyl groups is 2. The smallest absolute Gasteiger partial charge is 0.305 e. The summed E-state index contributed by atoms with van der Waals surface area (Å²) in [6.45, 7) is 7.00. The van der Waals surface area contributed by atoms with E-state index in [0.29, 0.717) is 36.0 Å². The Labute approximate surface area is 258 Å². The molecule has 2 N–H and O–H groups in total. The van der Waals surface area contributed by atoms with Crippen LogP contribution in [0.3, 0.4) is 0 Å². The number of rotatable bonds is 8. The van der Waals surface area contributed by atoms with Crippen LogP contribution >= 0.6 is 0 Å². The molecule has 0 aromatic heterocycles. The largest absolute Gasteiger partial charge is 0.469 e. The Kier molecular flexibility index (Phi) is 8.80. The standard InChI is InChI=1S/C38H52O5/c1-24(15-18-34(41)42-4)29-16-17-30-35-31(23-33(40)38(29,30)3)37(2)20-19-28(21-27(37)22-32(35)39)43-36(25-11-7-5-8-12-25)26-13-9-6-10-14-26/h5-14,24,27-33,35-36,39-40H,15-23H2,1-4H3/t24-,27+,28-,29-,30+,31+,32-,33+,35+,37+,38-/m1/s1. The molecule has 0 heterocycles. The summed E-state index contributed by atoms with van der Waals surface area (Å²) in [7, 11) is 1.45. The van der Waals surface area contributed by atoms with Gasteiger partial charge in [-0.2, -0.15) is 0 Å². The second-order valence-corrected chi connectivity index (χ2v) is 14.9. The Morgan fingerprint density at radius 3 is 2.19 bits per heavy atom. The molecule has 0 unspecified atom stereocenters. The van der Waals surface area contributed by atoms with Gasteiger partial charge in [-0.1, -0.05) is 81.4 Å². The van der Waals surface area contributed by atoms with Crippen LogP contribution in [0.1, 0.15) is 95.8 Å². The van der Waals surface area contributed by atoms with E-state index in [1.54, 1.807) is 0 Å². The van der Waals surface area contributed by atoms with E-state index in [2.05, 4.69) is 81.4 Å². The number of carbonyl (C=O) groups excluding carboxylic acids is 1. The van der Waals surface area contributed by atoms with Crippen molar-refractivity contribution in [1.82, 2.24) is 0 Å². The molecule has 6 rings (SSSR count). The first kappa shape index (κ1) is 30.8. The van der Waals surface area contributed by atoms with Gasteiger partial charge in [0.15, 0.2) is 0 Å². The van der Waals surface area contributed by atoms with Crippen molar-refractivity contribution in [2.75, 3.05) is 7.11 Å². The van der Waals surface area contributed by atoms with Crippen LogP contribution in [0.2, 0.25) is 0 Å². The number of hydrogen-bond donors (Lipinski definition) is 2. The molecular formula is C38H52O5. The first-order chi connectivity index (χ1) is 20.7. The molecule has 0 radical (unpaired) electrons. The van der Waals surface area contributed by atoms with Gasteiger partial charge in [0.25, 0.3) is 0 Å². The van der Waals surface area contributed by atoms with Gasteiger partial charge < -0.3 is 19.7 Å². The molecule has 0 aliphatic heterocycles. The number of hydrogen-bond acceptors (Lipinski definition) is 5. The number of fused-ring (bicyclic) bond motifs is 5. The molecule has 0 bridgehead atoms. The number of aliphatic hydroxyl groups excluding tert-OH is 2. The molecular weight excluding hydrogens is 536 g/mol. The minimum Gasteiger partial charge on any atom is -0.469 e. The van der Waals surface area contributed by atoms with Gasteiger partial charge in [0.2, 0.25) is 0 Å². The van der Waals surface area contributed by atoms with E-state index in [9.17, 15) is 15.0 Å². The lowest BCUT2D eigenvalue weighted by Gasteiger charge is -2.63. The Hall–Kier alpha value is -2.21. The van der Waals surface area contributed by atoms with Crippen LogP contribution in [0.5, 0.6) is 0 Å². The zero-order chi connectivity index (χ0) is 30.4. The molecule has 43 heavy (non-hydrogen) atoms. The minimum absolute atomic E-state index is 0.0929. The van der Waals surface area contributed by atoms with Crippen molar-refractivity contribution in [3.63, 3.8) is 0 Å². The summed E-state index contributed by atoms with van der Waals surface area (Å²) in [6.07, 6.45) is 7.26. The van der Waals surface area contributed by atoms with Gasteiger partial charge in [0, 0.05) is 6.42 Å². The van der Waals surface area contributed by atoms with Crippen molar-refractivity contribution in [1.29, 1.82) is 0 Å². The van der Waals surface area contributed by atoms with E-state index in [4.69, 9.17) is 9.47 Å². The Morgan fingerprint density at radius 2 is 1.56 bits per heavy atom. The third-order valence-electron chi connectivity index (χ3n) is 13.1. The molecule has 234 valence electrons. The highest BCUT2D eigenvalue weighted by molar-refractivity contribution is 5.69. The summed E-state index contributed by atoms with van der Waals surface area (Å²) < 4.78 is 11.9. The van der Waals surface area contributed by atoms with Crippen LogP contribution in [0, 0.1) is 46.3 Å². The summed E-state index contributed by atoms with van der Waals surface area (Å²) in [5, 5.41) is 23.8. The molecule has 4 saturated carbocycles. The highest BCUT2D eigenvalue weighted by atomic mass is 16.5. The molecule has 0 saturated heterocycles. The lowest BCUT2D eigenvalue weighted by molar-refractivity contribution is -0.210. The average Bonchev–Trinajstić information content (AvgIpc) is 3.38. The third-order valence-corrected chi connectivity index (χ3v) is 13.1. The number of benzene rings is 2. The predicted octanol–water partition coefficient (Wildman–Crippen LogP) is 7.35. The van der Waals surface area contributed by atoms with Crippen LogP contribution in [0.4, 0.5) is 0 Å². The van der Waals surface area contributed by atoms with Crippen molar-refractivity contribution in [2.24, 2.45) is 46.3 Å². The predicted molar refractivity (Wildman–Crippen MR) is 168 cm³/mol. The van der Waals surface area contributed by atoms with E-state index in [0.717, 1.165) is 51.4 Å². The molecule has 5 nitrogen and oxygen atoms in total. The van der Waals surface area contributed by atoms with Gasteiger partial charge in [-0.15, -0.1) is 0 Å². The van der Waals surface area contributed by atoms with Crippen molar-refractivity contribution in [2.45, 2.75) is 103 Å². The van der Waals surface area contributed by atoms with Crippen LogP contribution in [-0.4, -0.2) is 41.6 Å². The molecule has 11 atom stereocenters. The SMILES string of the molecule is COC(=O)CC[C@@H](C)[C@H]1CC[C@H]2[C@@H]3[C@H](O)C[C@@H]4C[C@H](OC(c5ccccc5)c5ccccc5)CC[C@]4(C)[C@H]3C[C@H](O)[C@]12C. The van der Waals surface area contributed by atoms with E-state index < -0.39 is 0 Å². The van der Waals surface area contributed by atoms with Gasteiger partial charge >= 0.3 is 5.97 Å². The van der Waals surface area contributed by atoms with Crippen molar-refractivity contribution in [3.05, 3.63) is 71.8 Å². The number of ether oxygens (including phenoxy) is 2. The van der Waals surface area contributed by atoms with Crippen molar-refractivity contribution < 1.29 is 24.5 Å². The molecule has 2 aromatic rings. The highest BCUT2D eigenvalue weighted by Gasteiger charge is 2.65. The summed E-state index contributed by atoms with van der Waals surface area (Å²) in [6, 6.07) is 21.1. The topological polar surface area (TPSA) is 76.0 Å². The Bertz CT molecular complexity index is 1190. The first-order valence-electron chi connectivity index (χ1n) is 16.8. The lowest BCUT2D eigenvalue weighted by Crippen LogP contribution is -2.62. The number of esters is 1. The van der Waals surface area contributed by atoms with Gasteiger partial charge in [-0.3, -0.25) is 4.79 Å². The highest BCUT2D eigenvalue weighted by Crippen LogP contribution is 2.68.